The van der Waals surface area contributed by atoms with Gasteiger partial charge in [-0.2, -0.15) is 0 Å². The van der Waals surface area contributed by atoms with Crippen LogP contribution >= 0.6 is 0 Å². The summed E-state index contributed by atoms with van der Waals surface area (Å²) in [5.74, 6) is 0.918. The Morgan fingerprint density at radius 1 is 1.33 bits per heavy atom. The molecule has 1 aromatic carbocycles. The minimum absolute atomic E-state index is 0.134. The molecule has 96 valence electrons. The van der Waals surface area contributed by atoms with Crippen molar-refractivity contribution in [3.63, 3.8) is 0 Å². The molecule has 2 saturated heterocycles. The van der Waals surface area contributed by atoms with Crippen LogP contribution in [0.3, 0.4) is 0 Å². The van der Waals surface area contributed by atoms with Gasteiger partial charge < -0.3 is 15.0 Å². The molecule has 2 aliphatic rings. The summed E-state index contributed by atoms with van der Waals surface area (Å²) in [6, 6.07) is 7.33. The summed E-state index contributed by atoms with van der Waals surface area (Å²) in [4.78, 5) is 14.2. The number of amides is 1. The van der Waals surface area contributed by atoms with Crippen LogP contribution in [0.1, 0.15) is 16.8 Å². The van der Waals surface area contributed by atoms with Gasteiger partial charge in [0.25, 0.3) is 5.91 Å². The molecular weight excluding hydrogens is 228 g/mol. The molecule has 0 bridgehead atoms. The summed E-state index contributed by atoms with van der Waals surface area (Å²) < 4.78 is 5.09. The second-order valence-electron chi connectivity index (χ2n) is 5.32. The van der Waals surface area contributed by atoms with Crippen molar-refractivity contribution in [2.24, 2.45) is 5.41 Å². The summed E-state index contributed by atoms with van der Waals surface area (Å²) in [5.41, 5.74) is 1.11. The molecule has 2 heterocycles. The summed E-state index contributed by atoms with van der Waals surface area (Å²) in [6.07, 6.45) is 1.19. The molecule has 0 atom stereocenters. The number of nitrogens with one attached hydrogen (secondary N) is 1. The van der Waals surface area contributed by atoms with E-state index in [1.165, 1.54) is 6.42 Å². The van der Waals surface area contributed by atoms with E-state index in [-0.39, 0.29) is 5.91 Å². The van der Waals surface area contributed by atoms with E-state index in [4.69, 9.17) is 4.74 Å². The van der Waals surface area contributed by atoms with Gasteiger partial charge in [0.2, 0.25) is 0 Å². The maximum atomic E-state index is 12.2. The van der Waals surface area contributed by atoms with Crippen LogP contribution in [-0.2, 0) is 0 Å². The van der Waals surface area contributed by atoms with Gasteiger partial charge in [0.1, 0.15) is 5.75 Å². The minimum Gasteiger partial charge on any atom is -0.497 e. The molecule has 1 amide bonds. The van der Waals surface area contributed by atoms with Gasteiger partial charge in [-0.25, -0.2) is 0 Å². The lowest BCUT2D eigenvalue weighted by Crippen LogP contribution is -2.59. The third kappa shape index (κ3) is 1.86. The van der Waals surface area contributed by atoms with Gasteiger partial charge in [0, 0.05) is 30.6 Å². The first-order valence-corrected chi connectivity index (χ1v) is 6.37. The normalized spacial score (nSPS) is 20.8. The number of nitrogens with zero attached hydrogens (tertiary/aromatic N) is 1. The Labute approximate surface area is 107 Å². The fourth-order valence-corrected chi connectivity index (χ4v) is 2.89. The van der Waals surface area contributed by atoms with Crippen molar-refractivity contribution in [1.82, 2.24) is 10.2 Å². The molecule has 2 fully saturated rings. The second kappa shape index (κ2) is 4.28. The smallest absolute Gasteiger partial charge is 0.253 e. The number of hydrogen-bond acceptors (Lipinski definition) is 3. The number of hydrogen-bond donors (Lipinski definition) is 1. The Hall–Kier alpha value is -1.55. The van der Waals surface area contributed by atoms with Crippen LogP contribution in [0.25, 0.3) is 0 Å². The van der Waals surface area contributed by atoms with Crippen LogP contribution in [0.2, 0.25) is 0 Å². The van der Waals surface area contributed by atoms with E-state index in [2.05, 4.69) is 5.32 Å². The van der Waals surface area contributed by atoms with Crippen molar-refractivity contribution >= 4 is 5.91 Å². The van der Waals surface area contributed by atoms with E-state index in [9.17, 15) is 4.79 Å². The van der Waals surface area contributed by atoms with Gasteiger partial charge in [-0.1, -0.05) is 0 Å². The zero-order chi connectivity index (χ0) is 12.6. The maximum absolute atomic E-state index is 12.2. The molecule has 1 N–H and O–H groups in total. The Morgan fingerprint density at radius 2 is 2.06 bits per heavy atom. The Morgan fingerprint density at radius 3 is 2.61 bits per heavy atom. The first kappa shape index (κ1) is 11.5. The van der Waals surface area contributed by atoms with E-state index in [0.717, 1.165) is 37.5 Å². The van der Waals surface area contributed by atoms with Crippen LogP contribution in [-0.4, -0.2) is 44.1 Å². The van der Waals surface area contributed by atoms with Gasteiger partial charge in [-0.3, -0.25) is 4.79 Å². The summed E-state index contributed by atoms with van der Waals surface area (Å²) >= 11 is 0. The molecule has 1 aromatic rings. The molecule has 4 heteroatoms. The Bertz CT molecular complexity index is 441. The van der Waals surface area contributed by atoms with Gasteiger partial charge in [0.05, 0.1) is 7.11 Å². The largest absolute Gasteiger partial charge is 0.497 e. The van der Waals surface area contributed by atoms with E-state index in [0.29, 0.717) is 5.41 Å². The van der Waals surface area contributed by atoms with Crippen LogP contribution < -0.4 is 10.1 Å². The minimum atomic E-state index is 0.134. The van der Waals surface area contributed by atoms with E-state index in [1.54, 1.807) is 7.11 Å². The lowest BCUT2D eigenvalue weighted by Gasteiger charge is -2.47. The molecule has 0 saturated carbocycles. The molecular formula is C14H18N2O2. The molecule has 3 rings (SSSR count). The van der Waals surface area contributed by atoms with E-state index < -0.39 is 0 Å². The van der Waals surface area contributed by atoms with Gasteiger partial charge >= 0.3 is 0 Å². The summed E-state index contributed by atoms with van der Waals surface area (Å²) in [5, 5.41) is 3.37. The van der Waals surface area contributed by atoms with Gasteiger partial charge in [0.15, 0.2) is 0 Å². The second-order valence-corrected chi connectivity index (χ2v) is 5.32. The standard InChI is InChI=1S/C14H18N2O2/c1-18-12-4-2-11(3-5-12)13(17)16-9-14(10-16)6-7-15-8-14/h2-5,15H,6-10H2,1H3. The Balaban J connectivity index is 1.65. The summed E-state index contributed by atoms with van der Waals surface area (Å²) in [7, 11) is 1.63. The number of rotatable bonds is 2. The first-order valence-electron chi connectivity index (χ1n) is 6.37. The number of benzene rings is 1. The number of carbonyl (C=O) groups is 1. The zero-order valence-electron chi connectivity index (χ0n) is 10.6. The van der Waals surface area contributed by atoms with Crippen LogP contribution in [0.15, 0.2) is 24.3 Å². The van der Waals surface area contributed by atoms with Gasteiger partial charge in [-0.15, -0.1) is 0 Å². The highest BCUT2D eigenvalue weighted by Crippen LogP contribution is 2.36. The highest BCUT2D eigenvalue weighted by Gasteiger charge is 2.46. The molecule has 0 radical (unpaired) electrons. The molecule has 18 heavy (non-hydrogen) atoms. The SMILES string of the molecule is COc1ccc(C(=O)N2CC3(CCNC3)C2)cc1. The van der Waals surface area contributed by atoms with Crippen molar-refractivity contribution in [1.29, 1.82) is 0 Å². The van der Waals surface area contributed by atoms with Crippen molar-refractivity contribution in [2.75, 3.05) is 33.3 Å². The molecule has 0 unspecified atom stereocenters. The lowest BCUT2D eigenvalue weighted by molar-refractivity contribution is 0.0159. The maximum Gasteiger partial charge on any atom is 0.253 e. The van der Waals surface area contributed by atoms with Crippen LogP contribution in [0.5, 0.6) is 5.75 Å². The third-order valence-corrected chi connectivity index (χ3v) is 4.01. The fourth-order valence-electron chi connectivity index (χ4n) is 2.89. The average Bonchev–Trinajstić information content (AvgIpc) is 2.86. The quantitative estimate of drug-likeness (QED) is 0.850. The van der Waals surface area contributed by atoms with Crippen LogP contribution in [0.4, 0.5) is 0 Å². The number of methoxy groups -OCH3 is 1. The Kier molecular flexibility index (Phi) is 2.74. The summed E-state index contributed by atoms with van der Waals surface area (Å²) in [6.45, 7) is 3.93. The van der Waals surface area contributed by atoms with Crippen molar-refractivity contribution in [3.05, 3.63) is 29.8 Å². The fraction of sp³-hybridized carbons (Fsp3) is 0.500. The van der Waals surface area contributed by atoms with Crippen LogP contribution in [0, 0.1) is 5.41 Å². The molecule has 2 aliphatic heterocycles. The monoisotopic (exact) mass is 246 g/mol. The van der Waals surface area contributed by atoms with E-state index in [1.807, 2.05) is 29.2 Å². The highest BCUT2D eigenvalue weighted by molar-refractivity contribution is 5.95. The first-order chi connectivity index (χ1) is 8.72. The van der Waals surface area contributed by atoms with Crippen molar-refractivity contribution in [2.45, 2.75) is 6.42 Å². The predicted molar refractivity (Wildman–Crippen MR) is 68.8 cm³/mol. The molecule has 1 spiro atoms. The predicted octanol–water partition coefficient (Wildman–Crippen LogP) is 1.13. The zero-order valence-corrected chi connectivity index (χ0v) is 10.6. The van der Waals surface area contributed by atoms with Crippen molar-refractivity contribution < 1.29 is 9.53 Å². The number of ether oxygens (including phenoxy) is 1. The van der Waals surface area contributed by atoms with Gasteiger partial charge in [-0.05, 0) is 37.2 Å². The molecule has 4 nitrogen and oxygen atoms in total. The number of likely N-dealkylation sites (tertiary alicyclic amines) is 1. The topological polar surface area (TPSA) is 41.6 Å². The number of carbonyl (C=O) groups excluding carboxylic acids is 1. The highest BCUT2D eigenvalue weighted by atomic mass is 16.5. The molecule has 0 aliphatic carbocycles. The molecule has 0 aromatic heterocycles. The third-order valence-electron chi connectivity index (χ3n) is 4.01. The van der Waals surface area contributed by atoms with Crippen molar-refractivity contribution in [3.8, 4) is 5.75 Å². The lowest BCUT2D eigenvalue weighted by atomic mass is 9.79. The average molecular weight is 246 g/mol. The van der Waals surface area contributed by atoms with E-state index >= 15 is 0 Å².